The molecule has 0 saturated carbocycles. The molecule has 2 aromatic rings. The molecule has 0 aliphatic carbocycles. The summed E-state index contributed by atoms with van der Waals surface area (Å²) in [5.41, 5.74) is 0.606. The lowest BCUT2D eigenvalue weighted by molar-refractivity contribution is -0.386. The maximum Gasteiger partial charge on any atom is 0.331 e. The number of nitriles is 1. The van der Waals surface area contributed by atoms with Gasteiger partial charge in [0.1, 0.15) is 11.8 Å². The molecule has 2 atom stereocenters. The molecule has 3 heterocycles. The van der Waals surface area contributed by atoms with Gasteiger partial charge in [-0.25, -0.2) is 4.98 Å². The maximum absolute atomic E-state index is 13.2. The first-order chi connectivity index (χ1) is 17.5. The number of carbonyl (C=O) groups is 2. The van der Waals surface area contributed by atoms with E-state index in [-0.39, 0.29) is 29.9 Å². The SMILES string of the molecule is N#C[C@@H]1CCCN1C(=O)CN[C@@H](Cc1ccc(Oc2ncccc2[N+](=O)[O-])cc1)C(=O)N1CCCC1. The largest absolute Gasteiger partial charge is 0.434 e. The molecule has 0 radical (unpaired) electrons. The third kappa shape index (κ3) is 5.95. The minimum absolute atomic E-state index is 0.0209. The molecule has 11 heteroatoms. The first-order valence-corrected chi connectivity index (χ1v) is 12.0. The second kappa shape index (κ2) is 11.6. The number of hydrogen-bond donors (Lipinski definition) is 1. The molecule has 2 fully saturated rings. The van der Waals surface area contributed by atoms with Crippen molar-refractivity contribution in [3.8, 4) is 17.7 Å². The first kappa shape index (κ1) is 25.1. The number of ether oxygens (including phenoxy) is 1. The first-order valence-electron chi connectivity index (χ1n) is 12.0. The van der Waals surface area contributed by atoms with E-state index in [1.807, 2.05) is 4.90 Å². The Kier molecular flexibility index (Phi) is 8.07. The molecule has 1 N–H and O–H groups in total. The van der Waals surface area contributed by atoms with Crippen LogP contribution in [0, 0.1) is 21.4 Å². The van der Waals surface area contributed by atoms with E-state index in [0.29, 0.717) is 38.2 Å². The molecular weight excluding hydrogens is 464 g/mol. The Balaban J connectivity index is 1.43. The Labute approximate surface area is 208 Å². The van der Waals surface area contributed by atoms with Gasteiger partial charge in [-0.05, 0) is 55.9 Å². The molecule has 2 saturated heterocycles. The van der Waals surface area contributed by atoms with Crippen LogP contribution in [0.4, 0.5) is 5.69 Å². The lowest BCUT2D eigenvalue weighted by Gasteiger charge is -2.26. The topological polar surface area (TPSA) is 142 Å². The number of nitrogens with one attached hydrogen (secondary N) is 1. The van der Waals surface area contributed by atoms with Gasteiger partial charge in [-0.3, -0.25) is 25.0 Å². The summed E-state index contributed by atoms with van der Waals surface area (Å²) in [6.45, 7) is 1.93. The lowest BCUT2D eigenvalue weighted by Crippen LogP contribution is -2.50. The van der Waals surface area contributed by atoms with Gasteiger partial charge in [0.05, 0.1) is 23.6 Å². The minimum atomic E-state index is -0.598. The highest BCUT2D eigenvalue weighted by Gasteiger charge is 2.31. The molecule has 1 aromatic carbocycles. The van der Waals surface area contributed by atoms with E-state index in [1.54, 1.807) is 29.2 Å². The molecule has 11 nitrogen and oxygen atoms in total. The highest BCUT2D eigenvalue weighted by molar-refractivity contribution is 5.84. The molecule has 4 rings (SSSR count). The standard InChI is InChI=1S/C25H28N6O5/c26-16-19-5-4-14-30(19)23(32)17-28-21(25(33)29-12-1-2-13-29)15-18-7-9-20(10-8-18)36-24-22(31(34)35)6-3-11-27-24/h3,6-11,19,21,28H,1-2,4-5,12-15,17H2/t19-,21-/m0/s1. The van der Waals surface area contributed by atoms with Crippen molar-refractivity contribution in [1.82, 2.24) is 20.1 Å². The van der Waals surface area contributed by atoms with Gasteiger partial charge in [-0.1, -0.05) is 12.1 Å². The van der Waals surface area contributed by atoms with Crippen LogP contribution in [0.25, 0.3) is 0 Å². The Hall–Kier alpha value is -4.04. The minimum Gasteiger partial charge on any atom is -0.434 e. The third-order valence-electron chi connectivity index (χ3n) is 6.46. The van der Waals surface area contributed by atoms with Crippen molar-refractivity contribution < 1.29 is 19.2 Å². The van der Waals surface area contributed by atoms with Crippen molar-refractivity contribution in [3.63, 3.8) is 0 Å². The Morgan fingerprint density at radius 3 is 2.64 bits per heavy atom. The van der Waals surface area contributed by atoms with Gasteiger partial charge in [0.25, 0.3) is 5.88 Å². The monoisotopic (exact) mass is 492 g/mol. The van der Waals surface area contributed by atoms with Gasteiger partial charge in [0.2, 0.25) is 11.8 Å². The summed E-state index contributed by atoms with van der Waals surface area (Å²) in [7, 11) is 0. The average molecular weight is 493 g/mol. The van der Waals surface area contributed by atoms with E-state index in [0.717, 1.165) is 24.8 Å². The van der Waals surface area contributed by atoms with Gasteiger partial charge in [0, 0.05) is 31.9 Å². The highest BCUT2D eigenvalue weighted by atomic mass is 16.6. The normalized spacial score (nSPS) is 18.0. The van der Waals surface area contributed by atoms with Crippen molar-refractivity contribution in [2.45, 2.75) is 44.2 Å². The van der Waals surface area contributed by atoms with Crippen LogP contribution in [0.15, 0.2) is 42.6 Å². The van der Waals surface area contributed by atoms with Crippen molar-refractivity contribution in [2.75, 3.05) is 26.2 Å². The second-order valence-corrected chi connectivity index (χ2v) is 8.88. The predicted molar refractivity (Wildman–Crippen MR) is 129 cm³/mol. The fraction of sp³-hybridized carbons (Fsp3) is 0.440. The summed E-state index contributed by atoms with van der Waals surface area (Å²) in [5, 5.41) is 23.6. The van der Waals surface area contributed by atoms with E-state index < -0.39 is 17.0 Å². The number of aromatic nitrogens is 1. The summed E-state index contributed by atoms with van der Waals surface area (Å²) in [5.74, 6) is 0.0414. The van der Waals surface area contributed by atoms with E-state index in [1.165, 1.54) is 18.3 Å². The van der Waals surface area contributed by atoms with Crippen molar-refractivity contribution in [1.29, 1.82) is 5.26 Å². The molecule has 0 spiro atoms. The predicted octanol–water partition coefficient (Wildman–Crippen LogP) is 2.42. The van der Waals surface area contributed by atoms with Crippen LogP contribution in [0.1, 0.15) is 31.2 Å². The number of nitro groups is 1. The van der Waals surface area contributed by atoms with E-state index >= 15 is 0 Å². The zero-order valence-corrected chi connectivity index (χ0v) is 19.8. The number of nitrogens with zero attached hydrogens (tertiary/aromatic N) is 5. The van der Waals surface area contributed by atoms with Crippen LogP contribution in [0.3, 0.4) is 0 Å². The van der Waals surface area contributed by atoms with Crippen LogP contribution >= 0.6 is 0 Å². The molecule has 2 aliphatic rings. The molecule has 2 amide bonds. The van der Waals surface area contributed by atoms with Crippen molar-refractivity contribution in [3.05, 3.63) is 58.3 Å². The average Bonchev–Trinajstić information content (AvgIpc) is 3.59. The number of carbonyl (C=O) groups excluding carboxylic acids is 2. The molecule has 2 aliphatic heterocycles. The summed E-state index contributed by atoms with van der Waals surface area (Å²) in [6.07, 6.45) is 5.17. The van der Waals surface area contributed by atoms with E-state index in [9.17, 15) is 25.0 Å². The number of hydrogen-bond acceptors (Lipinski definition) is 8. The smallest absolute Gasteiger partial charge is 0.331 e. The zero-order chi connectivity index (χ0) is 25.5. The molecule has 0 unspecified atom stereocenters. The van der Waals surface area contributed by atoms with Crippen LogP contribution in [-0.2, 0) is 16.0 Å². The highest BCUT2D eigenvalue weighted by Crippen LogP contribution is 2.28. The van der Waals surface area contributed by atoms with Crippen LogP contribution in [0.5, 0.6) is 11.6 Å². The number of rotatable bonds is 9. The van der Waals surface area contributed by atoms with Crippen molar-refractivity contribution >= 4 is 17.5 Å². The van der Waals surface area contributed by atoms with Gasteiger partial charge in [0.15, 0.2) is 0 Å². The Morgan fingerprint density at radius 1 is 1.19 bits per heavy atom. The van der Waals surface area contributed by atoms with Crippen LogP contribution < -0.4 is 10.1 Å². The zero-order valence-electron chi connectivity index (χ0n) is 19.8. The molecule has 188 valence electrons. The fourth-order valence-electron chi connectivity index (χ4n) is 4.56. The number of pyridine rings is 1. The van der Waals surface area contributed by atoms with Gasteiger partial charge < -0.3 is 14.5 Å². The number of likely N-dealkylation sites (tertiary alicyclic amines) is 2. The van der Waals surface area contributed by atoms with Crippen molar-refractivity contribution in [2.24, 2.45) is 0 Å². The van der Waals surface area contributed by atoms with Crippen LogP contribution in [0.2, 0.25) is 0 Å². The maximum atomic E-state index is 13.2. The summed E-state index contributed by atoms with van der Waals surface area (Å²) < 4.78 is 5.60. The summed E-state index contributed by atoms with van der Waals surface area (Å²) >= 11 is 0. The molecule has 0 bridgehead atoms. The van der Waals surface area contributed by atoms with Gasteiger partial charge in [-0.2, -0.15) is 5.26 Å². The Bertz CT molecular complexity index is 1140. The summed E-state index contributed by atoms with van der Waals surface area (Å²) in [4.78, 5) is 43.9. The van der Waals surface area contributed by atoms with E-state index in [2.05, 4.69) is 16.4 Å². The molecule has 1 aromatic heterocycles. The molecule has 36 heavy (non-hydrogen) atoms. The number of benzene rings is 1. The van der Waals surface area contributed by atoms with E-state index in [4.69, 9.17) is 4.74 Å². The lowest BCUT2D eigenvalue weighted by atomic mass is 10.0. The van der Waals surface area contributed by atoms with Crippen LogP contribution in [-0.4, -0.2) is 69.8 Å². The Morgan fingerprint density at radius 2 is 1.94 bits per heavy atom. The molecular formula is C25H28N6O5. The number of amides is 2. The third-order valence-corrected chi connectivity index (χ3v) is 6.46. The van der Waals surface area contributed by atoms with Gasteiger partial charge in [-0.15, -0.1) is 0 Å². The quantitative estimate of drug-likeness (QED) is 0.415. The summed E-state index contributed by atoms with van der Waals surface area (Å²) in [6, 6.07) is 10.8. The van der Waals surface area contributed by atoms with Gasteiger partial charge >= 0.3 is 5.69 Å². The second-order valence-electron chi connectivity index (χ2n) is 8.88. The fourth-order valence-corrected chi connectivity index (χ4v) is 4.56.